The predicted molar refractivity (Wildman–Crippen MR) is 50.8 cm³/mol. The molecule has 4 nitrogen and oxygen atoms in total. The predicted octanol–water partition coefficient (Wildman–Crippen LogP) is 1.61. The number of carbonyl (C=O) groups is 1. The van der Waals surface area contributed by atoms with E-state index in [1.165, 1.54) is 0 Å². The summed E-state index contributed by atoms with van der Waals surface area (Å²) in [6.07, 6.45) is -0.0567. The Hall–Kier alpha value is -1.10. The monoisotopic (exact) mass is 205 g/mol. The fourth-order valence-electron chi connectivity index (χ4n) is 0.894. The van der Waals surface area contributed by atoms with Crippen molar-refractivity contribution in [2.45, 2.75) is 26.3 Å². The highest BCUT2D eigenvalue weighted by atomic mass is 19.1. The molecule has 0 rings (SSSR count). The molecule has 1 amide bonds. The van der Waals surface area contributed by atoms with Crippen LogP contribution in [0.5, 0.6) is 0 Å². The number of aliphatic hydroxyl groups excluding tert-OH is 1. The molecular formula is C9H16FNO3. The Balaban J connectivity index is 4.49. The lowest BCUT2D eigenvalue weighted by Crippen LogP contribution is -2.45. The van der Waals surface area contributed by atoms with Gasteiger partial charge in [0.15, 0.2) is 0 Å². The van der Waals surface area contributed by atoms with Gasteiger partial charge in [0.25, 0.3) is 0 Å². The molecule has 0 aromatic heterocycles. The van der Waals surface area contributed by atoms with Crippen LogP contribution in [0.25, 0.3) is 0 Å². The number of halogens is 1. The minimum atomic E-state index is -1.11. The molecule has 0 fully saturated rings. The second-order valence-electron chi connectivity index (χ2n) is 3.87. The van der Waals surface area contributed by atoms with E-state index in [1.807, 2.05) is 0 Å². The minimum Gasteiger partial charge on any atom is -0.465 e. The van der Waals surface area contributed by atoms with Gasteiger partial charge in [-0.25, -0.2) is 9.18 Å². The van der Waals surface area contributed by atoms with Crippen LogP contribution < -0.4 is 0 Å². The molecule has 0 bridgehead atoms. The van der Waals surface area contributed by atoms with Crippen LogP contribution in [0.3, 0.4) is 0 Å². The number of rotatable bonds is 3. The third-order valence-corrected chi connectivity index (χ3v) is 1.69. The summed E-state index contributed by atoms with van der Waals surface area (Å²) < 4.78 is 12.5. The summed E-state index contributed by atoms with van der Waals surface area (Å²) in [6, 6.07) is 0. The van der Waals surface area contributed by atoms with E-state index >= 15 is 0 Å². The molecule has 14 heavy (non-hydrogen) atoms. The van der Waals surface area contributed by atoms with E-state index in [-0.39, 0.29) is 6.54 Å². The molecule has 0 saturated heterocycles. The fourth-order valence-corrected chi connectivity index (χ4v) is 0.894. The van der Waals surface area contributed by atoms with Crippen molar-refractivity contribution in [3.05, 3.63) is 11.9 Å². The van der Waals surface area contributed by atoms with Crippen molar-refractivity contribution in [3.8, 4) is 0 Å². The zero-order chi connectivity index (χ0) is 11.4. The minimum absolute atomic E-state index is 0.0643. The molecule has 0 atom stereocenters. The van der Waals surface area contributed by atoms with Gasteiger partial charge in [0.2, 0.25) is 0 Å². The molecule has 0 aliphatic heterocycles. The zero-order valence-corrected chi connectivity index (χ0v) is 8.62. The van der Waals surface area contributed by atoms with E-state index in [0.29, 0.717) is 0 Å². The van der Waals surface area contributed by atoms with Crippen molar-refractivity contribution in [2.75, 3.05) is 13.2 Å². The third-order valence-electron chi connectivity index (χ3n) is 1.69. The number of aliphatic hydroxyl groups is 1. The first-order valence-corrected chi connectivity index (χ1v) is 4.25. The van der Waals surface area contributed by atoms with E-state index < -0.39 is 24.1 Å². The van der Waals surface area contributed by atoms with Gasteiger partial charge in [0.1, 0.15) is 5.83 Å². The molecule has 0 aliphatic rings. The topological polar surface area (TPSA) is 60.8 Å². The lowest BCUT2D eigenvalue weighted by Gasteiger charge is -2.32. The summed E-state index contributed by atoms with van der Waals surface area (Å²) in [5.74, 6) is -0.722. The summed E-state index contributed by atoms with van der Waals surface area (Å²) in [5, 5.41) is 17.2. The largest absolute Gasteiger partial charge is 0.465 e. The molecule has 2 N–H and O–H groups in total. The van der Waals surface area contributed by atoms with E-state index in [2.05, 4.69) is 0 Å². The van der Waals surface area contributed by atoms with Crippen molar-refractivity contribution in [3.63, 3.8) is 0 Å². The van der Waals surface area contributed by atoms with Gasteiger partial charge < -0.3 is 10.2 Å². The molecule has 0 aromatic rings. The molecule has 82 valence electrons. The van der Waals surface area contributed by atoms with Gasteiger partial charge in [-0.15, -0.1) is 0 Å². The summed E-state index contributed by atoms with van der Waals surface area (Å²) >= 11 is 0. The second kappa shape index (κ2) is 4.95. The summed E-state index contributed by atoms with van der Waals surface area (Å²) in [5.41, 5.74) is -0.585. The van der Waals surface area contributed by atoms with Gasteiger partial charge >= 0.3 is 6.09 Å². The van der Waals surface area contributed by atoms with Crippen LogP contribution in [0.1, 0.15) is 20.8 Å². The lowest BCUT2D eigenvalue weighted by atomic mass is 10.1. The van der Waals surface area contributed by atoms with Crippen molar-refractivity contribution < 1.29 is 19.4 Å². The molecule has 0 unspecified atom stereocenters. The Bertz CT molecular complexity index is 233. The molecule has 0 heterocycles. The number of hydrogen-bond donors (Lipinski definition) is 2. The maximum Gasteiger partial charge on any atom is 0.408 e. The van der Waals surface area contributed by atoms with E-state index in [4.69, 9.17) is 10.2 Å². The highest BCUT2D eigenvalue weighted by Crippen LogP contribution is 2.13. The Kier molecular flexibility index (Phi) is 4.56. The normalized spacial score (nSPS) is 12.8. The molecule has 0 radical (unpaired) electrons. The highest BCUT2D eigenvalue weighted by Gasteiger charge is 2.24. The van der Waals surface area contributed by atoms with Crippen LogP contribution in [0.15, 0.2) is 11.9 Å². The second-order valence-corrected chi connectivity index (χ2v) is 3.87. The number of nitrogens with zero attached hydrogens (tertiary/aromatic N) is 1. The number of hydrogen-bond acceptors (Lipinski definition) is 2. The van der Waals surface area contributed by atoms with E-state index in [9.17, 15) is 9.18 Å². The molecule has 0 aliphatic carbocycles. The third kappa shape index (κ3) is 4.23. The Morgan fingerprint density at radius 3 is 2.29 bits per heavy atom. The van der Waals surface area contributed by atoms with Crippen LogP contribution in [0, 0.1) is 0 Å². The number of amides is 1. The first-order chi connectivity index (χ1) is 6.29. The molecule has 0 saturated carbocycles. The van der Waals surface area contributed by atoms with Crippen LogP contribution in [-0.2, 0) is 0 Å². The van der Waals surface area contributed by atoms with Gasteiger partial charge in [-0.3, -0.25) is 4.90 Å². The van der Waals surface area contributed by atoms with Crippen molar-refractivity contribution in [1.82, 2.24) is 4.90 Å². The average Bonchev–Trinajstić information content (AvgIpc) is 2.01. The van der Waals surface area contributed by atoms with Crippen LogP contribution in [0.4, 0.5) is 9.18 Å². The first kappa shape index (κ1) is 12.9. The fraction of sp³-hybridized carbons (Fsp3) is 0.667. The zero-order valence-electron chi connectivity index (χ0n) is 8.62. The van der Waals surface area contributed by atoms with Gasteiger partial charge in [-0.1, -0.05) is 0 Å². The maximum absolute atomic E-state index is 12.5. The van der Waals surface area contributed by atoms with E-state index in [0.717, 1.165) is 11.0 Å². The molecule has 0 spiro atoms. The SMILES string of the molecule is CC(C)(C)N(C/C=C(/F)CO)C(=O)O. The smallest absolute Gasteiger partial charge is 0.408 e. The van der Waals surface area contributed by atoms with Crippen LogP contribution >= 0.6 is 0 Å². The van der Waals surface area contributed by atoms with Gasteiger partial charge in [0, 0.05) is 12.1 Å². The molecule has 5 heteroatoms. The Morgan fingerprint density at radius 2 is 2.00 bits per heavy atom. The van der Waals surface area contributed by atoms with Gasteiger partial charge in [-0.2, -0.15) is 0 Å². The van der Waals surface area contributed by atoms with Crippen LogP contribution in [0.2, 0.25) is 0 Å². The van der Waals surface area contributed by atoms with Crippen LogP contribution in [-0.4, -0.2) is 39.9 Å². The van der Waals surface area contributed by atoms with Crippen molar-refractivity contribution in [2.24, 2.45) is 0 Å². The Labute approximate surface area is 82.6 Å². The summed E-state index contributed by atoms with van der Waals surface area (Å²) in [7, 11) is 0. The first-order valence-electron chi connectivity index (χ1n) is 4.25. The maximum atomic E-state index is 12.5. The van der Waals surface area contributed by atoms with Crippen molar-refractivity contribution >= 4 is 6.09 Å². The lowest BCUT2D eigenvalue weighted by molar-refractivity contribution is 0.108. The standard InChI is InChI=1S/C9H16FNO3/c1-9(2,3)11(8(13)14)5-4-7(10)6-12/h4,12H,5-6H2,1-3H3,(H,13,14)/b7-4+. The number of carboxylic acid groups (broad SMARTS) is 1. The highest BCUT2D eigenvalue weighted by molar-refractivity contribution is 5.66. The molecule has 0 aromatic carbocycles. The quantitative estimate of drug-likeness (QED) is 0.735. The molecular weight excluding hydrogens is 189 g/mol. The van der Waals surface area contributed by atoms with Crippen molar-refractivity contribution in [1.29, 1.82) is 0 Å². The van der Waals surface area contributed by atoms with Gasteiger partial charge in [0.05, 0.1) is 6.61 Å². The summed E-state index contributed by atoms with van der Waals surface area (Å²) in [6.45, 7) is 4.38. The van der Waals surface area contributed by atoms with Gasteiger partial charge in [-0.05, 0) is 26.8 Å². The van der Waals surface area contributed by atoms with E-state index in [1.54, 1.807) is 20.8 Å². The average molecular weight is 205 g/mol. The summed E-state index contributed by atoms with van der Waals surface area (Å²) in [4.78, 5) is 11.8. The Morgan fingerprint density at radius 1 is 1.50 bits per heavy atom.